The van der Waals surface area contributed by atoms with Crippen molar-refractivity contribution in [2.75, 3.05) is 7.11 Å². The van der Waals surface area contributed by atoms with Gasteiger partial charge in [-0.05, 0) is 93.1 Å². The summed E-state index contributed by atoms with van der Waals surface area (Å²) >= 11 is 0. The first-order chi connectivity index (χ1) is 17.1. The molecule has 0 bridgehead atoms. The maximum absolute atomic E-state index is 9.19. The molecule has 0 amide bonds. The van der Waals surface area contributed by atoms with E-state index in [4.69, 9.17) is 14.5 Å². The van der Waals surface area contributed by atoms with E-state index in [2.05, 4.69) is 37.0 Å². The molecule has 2 aromatic heterocycles. The van der Waals surface area contributed by atoms with Crippen LogP contribution in [0.15, 0.2) is 48.7 Å². The van der Waals surface area contributed by atoms with E-state index in [-0.39, 0.29) is 6.10 Å². The molecule has 6 heteroatoms. The summed E-state index contributed by atoms with van der Waals surface area (Å²) in [6.07, 6.45) is 10.4. The lowest BCUT2D eigenvalue weighted by Gasteiger charge is -2.18. The third kappa shape index (κ3) is 4.50. The molecular formula is C29H28N4O2. The minimum atomic E-state index is 0.219. The molecule has 1 aliphatic carbocycles. The van der Waals surface area contributed by atoms with Crippen molar-refractivity contribution < 1.29 is 9.47 Å². The second-order valence-corrected chi connectivity index (χ2v) is 8.98. The molecule has 0 radical (unpaired) electrons. The molecule has 1 aliphatic rings. The van der Waals surface area contributed by atoms with Crippen molar-refractivity contribution >= 4 is 23.2 Å². The van der Waals surface area contributed by atoms with Crippen molar-refractivity contribution in [2.24, 2.45) is 0 Å². The van der Waals surface area contributed by atoms with Gasteiger partial charge in [0, 0.05) is 11.8 Å². The molecule has 35 heavy (non-hydrogen) atoms. The van der Waals surface area contributed by atoms with E-state index in [9.17, 15) is 5.26 Å². The Labute approximate surface area is 205 Å². The summed E-state index contributed by atoms with van der Waals surface area (Å²) in [6.45, 7) is 4.18. The largest absolute Gasteiger partial charge is 0.493 e. The van der Waals surface area contributed by atoms with Crippen LogP contribution in [0.2, 0.25) is 0 Å². The highest BCUT2D eigenvalue weighted by Crippen LogP contribution is 2.36. The van der Waals surface area contributed by atoms with Gasteiger partial charge in [-0.2, -0.15) is 5.26 Å². The van der Waals surface area contributed by atoms with E-state index >= 15 is 0 Å². The van der Waals surface area contributed by atoms with Crippen LogP contribution in [0.25, 0.3) is 29.0 Å². The molecule has 0 aliphatic heterocycles. The van der Waals surface area contributed by atoms with Gasteiger partial charge in [0.25, 0.3) is 0 Å². The van der Waals surface area contributed by atoms with Crippen molar-refractivity contribution in [3.63, 3.8) is 0 Å². The lowest BCUT2D eigenvalue weighted by atomic mass is 10.1. The number of methoxy groups -OCH3 is 1. The highest BCUT2D eigenvalue weighted by atomic mass is 16.5. The van der Waals surface area contributed by atoms with Gasteiger partial charge >= 0.3 is 0 Å². The number of para-hydroxylation sites is 1. The number of benzene rings is 2. The Morgan fingerprint density at radius 1 is 1.06 bits per heavy atom. The van der Waals surface area contributed by atoms with Crippen molar-refractivity contribution in [1.29, 1.82) is 5.26 Å². The Hall–Kier alpha value is -4.11. The number of hydrogen-bond donors (Lipinski definition) is 0. The molecular weight excluding hydrogens is 436 g/mol. The van der Waals surface area contributed by atoms with Crippen molar-refractivity contribution in [3.8, 4) is 23.4 Å². The molecule has 0 N–H and O–H groups in total. The van der Waals surface area contributed by atoms with Crippen LogP contribution in [-0.4, -0.2) is 27.7 Å². The zero-order valence-corrected chi connectivity index (χ0v) is 20.3. The number of imidazole rings is 1. The molecule has 0 spiro atoms. The molecule has 4 aromatic rings. The normalized spacial score (nSPS) is 14.0. The Kier molecular flexibility index (Phi) is 6.24. The summed E-state index contributed by atoms with van der Waals surface area (Å²) in [7, 11) is 1.67. The molecule has 1 fully saturated rings. The Morgan fingerprint density at radius 2 is 1.86 bits per heavy atom. The van der Waals surface area contributed by atoms with Gasteiger partial charge < -0.3 is 9.47 Å². The monoisotopic (exact) mass is 464 g/mol. The van der Waals surface area contributed by atoms with E-state index in [1.54, 1.807) is 19.4 Å². The number of ether oxygens (including phenoxy) is 2. The zero-order chi connectivity index (χ0) is 24.4. The first-order valence-electron chi connectivity index (χ1n) is 12.0. The number of aryl methyl sites for hydroxylation is 2. The Morgan fingerprint density at radius 3 is 2.57 bits per heavy atom. The predicted molar refractivity (Wildman–Crippen MR) is 138 cm³/mol. The summed E-state index contributed by atoms with van der Waals surface area (Å²) in [5.41, 5.74) is 5.70. The molecule has 0 atom stereocenters. The van der Waals surface area contributed by atoms with Crippen LogP contribution in [0.5, 0.6) is 11.5 Å². The first kappa shape index (κ1) is 22.7. The molecule has 1 saturated carbocycles. The lowest BCUT2D eigenvalue weighted by molar-refractivity contribution is 0.200. The average Bonchev–Trinajstić information content (AvgIpc) is 3.51. The highest BCUT2D eigenvalue weighted by molar-refractivity contribution is 5.84. The van der Waals surface area contributed by atoms with Crippen LogP contribution in [0, 0.1) is 25.2 Å². The molecule has 6 nitrogen and oxygen atoms in total. The molecule has 0 unspecified atom stereocenters. The predicted octanol–water partition coefficient (Wildman–Crippen LogP) is 6.41. The van der Waals surface area contributed by atoms with E-state index in [0.717, 1.165) is 46.8 Å². The van der Waals surface area contributed by atoms with Crippen molar-refractivity contribution in [1.82, 2.24) is 14.5 Å². The summed E-state index contributed by atoms with van der Waals surface area (Å²) in [5.74, 6) is 2.95. The van der Waals surface area contributed by atoms with Gasteiger partial charge in [0.1, 0.15) is 17.7 Å². The van der Waals surface area contributed by atoms with Crippen LogP contribution >= 0.6 is 0 Å². The van der Waals surface area contributed by atoms with E-state index in [0.29, 0.717) is 11.4 Å². The molecule has 176 valence electrons. The zero-order valence-electron chi connectivity index (χ0n) is 20.3. The van der Waals surface area contributed by atoms with Gasteiger partial charge in [-0.1, -0.05) is 12.1 Å². The number of pyridine rings is 1. The third-order valence-electron chi connectivity index (χ3n) is 6.63. The maximum atomic E-state index is 9.19. The number of nitrogens with zero attached hydrogens (tertiary/aromatic N) is 4. The lowest BCUT2D eigenvalue weighted by Crippen LogP contribution is -2.12. The van der Waals surface area contributed by atoms with Crippen LogP contribution < -0.4 is 9.47 Å². The number of aromatic nitrogens is 3. The van der Waals surface area contributed by atoms with E-state index in [1.165, 1.54) is 24.0 Å². The molecule has 0 saturated heterocycles. The van der Waals surface area contributed by atoms with Gasteiger partial charge in [0.2, 0.25) is 0 Å². The van der Waals surface area contributed by atoms with Crippen LogP contribution in [0.3, 0.4) is 0 Å². The fourth-order valence-corrected chi connectivity index (χ4v) is 4.58. The van der Waals surface area contributed by atoms with Crippen LogP contribution in [-0.2, 0) is 0 Å². The fraction of sp³-hybridized carbons (Fsp3) is 0.276. The smallest absolute Gasteiger partial charge is 0.168 e. The number of nitriles is 1. The van der Waals surface area contributed by atoms with Gasteiger partial charge in [-0.15, -0.1) is 0 Å². The third-order valence-corrected chi connectivity index (χ3v) is 6.63. The quantitative estimate of drug-likeness (QED) is 0.330. The van der Waals surface area contributed by atoms with Gasteiger partial charge in [0.05, 0.1) is 29.8 Å². The van der Waals surface area contributed by atoms with Crippen molar-refractivity contribution in [2.45, 2.75) is 45.6 Å². The second kappa shape index (κ2) is 9.63. The first-order valence-corrected chi connectivity index (χ1v) is 12.0. The summed E-state index contributed by atoms with van der Waals surface area (Å²) in [5, 5.41) is 9.19. The standard InChI is InChI=1S/C29H28N4O2/c1-19-15-24-25(16-20(19)2)33(27-13-11-21(17-30)18-31-27)28(32-24)14-12-22-7-6-10-26(34-3)29(22)35-23-8-4-5-9-23/h6-7,10-16,18,23H,4-5,8-9H2,1-3H3. The molecule has 2 heterocycles. The van der Waals surface area contributed by atoms with Gasteiger partial charge in [-0.3, -0.25) is 4.57 Å². The van der Waals surface area contributed by atoms with Gasteiger partial charge in [-0.25, -0.2) is 9.97 Å². The van der Waals surface area contributed by atoms with E-state index < -0.39 is 0 Å². The van der Waals surface area contributed by atoms with E-state index in [1.807, 2.05) is 41.0 Å². The Bertz CT molecular complexity index is 1440. The number of hydrogen-bond acceptors (Lipinski definition) is 5. The summed E-state index contributed by atoms with van der Waals surface area (Å²) < 4.78 is 14.0. The highest BCUT2D eigenvalue weighted by Gasteiger charge is 2.20. The van der Waals surface area contributed by atoms with Gasteiger partial charge in [0.15, 0.2) is 11.5 Å². The summed E-state index contributed by atoms with van der Waals surface area (Å²) in [4.78, 5) is 9.47. The average molecular weight is 465 g/mol. The van der Waals surface area contributed by atoms with Crippen molar-refractivity contribution in [3.05, 3.63) is 76.7 Å². The fourth-order valence-electron chi connectivity index (χ4n) is 4.58. The minimum absolute atomic E-state index is 0.219. The SMILES string of the molecule is COc1cccc(C=Cc2nc3cc(C)c(C)cc3n2-c2ccc(C#N)cn2)c1OC1CCCC1. The number of rotatable bonds is 6. The maximum Gasteiger partial charge on any atom is 0.168 e. The molecule has 2 aromatic carbocycles. The van der Waals surface area contributed by atoms with Crippen LogP contribution in [0.1, 0.15) is 53.8 Å². The summed E-state index contributed by atoms with van der Waals surface area (Å²) in [6, 6.07) is 15.9. The Balaban J connectivity index is 1.61. The van der Waals surface area contributed by atoms with Crippen LogP contribution in [0.4, 0.5) is 0 Å². The molecule has 5 rings (SSSR count). The number of fused-ring (bicyclic) bond motifs is 1. The minimum Gasteiger partial charge on any atom is -0.493 e. The topological polar surface area (TPSA) is 73.0 Å². The second-order valence-electron chi connectivity index (χ2n) is 8.98.